The highest BCUT2D eigenvalue weighted by Gasteiger charge is 2.56. The van der Waals surface area contributed by atoms with Crippen molar-refractivity contribution in [3.63, 3.8) is 0 Å². The SMILES string of the molecule is CC1(C)CC[C@H](NC(=O)[C@@H]2C[C@H]3C[C@H]3N2C(=O)Cn2nc(C(N)=O)c3ccncc32)C1. The quantitative estimate of drug-likeness (QED) is 0.747. The molecule has 0 spiro atoms. The molecule has 3 aliphatic rings. The Balaban J connectivity index is 1.33. The maximum absolute atomic E-state index is 13.3. The molecule has 0 radical (unpaired) electrons. The Morgan fingerprint density at radius 2 is 2.10 bits per heavy atom. The Bertz CT molecular complexity index is 1080. The molecule has 3 amide bonds. The maximum Gasteiger partial charge on any atom is 0.269 e. The maximum atomic E-state index is 13.3. The largest absolute Gasteiger partial charge is 0.364 e. The van der Waals surface area contributed by atoms with E-state index < -0.39 is 11.9 Å². The number of nitrogens with zero attached hydrogens (tertiary/aromatic N) is 4. The van der Waals surface area contributed by atoms with Gasteiger partial charge in [0.25, 0.3) is 5.91 Å². The molecule has 164 valence electrons. The fourth-order valence-corrected chi connectivity index (χ4v) is 5.44. The minimum Gasteiger partial charge on any atom is -0.364 e. The van der Waals surface area contributed by atoms with Gasteiger partial charge < -0.3 is 16.0 Å². The van der Waals surface area contributed by atoms with Gasteiger partial charge in [-0.05, 0) is 49.5 Å². The Kier molecular flexibility index (Phi) is 4.53. The number of carbonyl (C=O) groups excluding carboxylic acids is 3. The summed E-state index contributed by atoms with van der Waals surface area (Å²) in [5.74, 6) is -0.464. The van der Waals surface area contributed by atoms with Crippen LogP contribution in [0.5, 0.6) is 0 Å². The summed E-state index contributed by atoms with van der Waals surface area (Å²) < 4.78 is 1.47. The predicted molar refractivity (Wildman–Crippen MR) is 113 cm³/mol. The number of nitrogens with one attached hydrogen (secondary N) is 1. The Morgan fingerprint density at radius 1 is 1.29 bits per heavy atom. The van der Waals surface area contributed by atoms with Crippen LogP contribution in [0.1, 0.15) is 56.4 Å². The summed E-state index contributed by atoms with van der Waals surface area (Å²) >= 11 is 0. The molecule has 9 heteroatoms. The molecule has 2 aromatic rings. The summed E-state index contributed by atoms with van der Waals surface area (Å²) in [6.07, 6.45) is 7.83. The molecule has 1 saturated heterocycles. The third-order valence-corrected chi connectivity index (χ3v) is 7.08. The van der Waals surface area contributed by atoms with E-state index in [9.17, 15) is 14.4 Å². The molecule has 4 atom stereocenters. The molecule has 1 aliphatic heterocycles. The van der Waals surface area contributed by atoms with E-state index in [0.29, 0.717) is 23.2 Å². The van der Waals surface area contributed by atoms with Crippen LogP contribution < -0.4 is 11.1 Å². The van der Waals surface area contributed by atoms with E-state index in [-0.39, 0.29) is 41.6 Å². The molecule has 3 N–H and O–H groups in total. The van der Waals surface area contributed by atoms with Gasteiger partial charge in [-0.25, -0.2) is 0 Å². The molecule has 0 unspecified atom stereocenters. The van der Waals surface area contributed by atoms with E-state index in [2.05, 4.69) is 29.2 Å². The zero-order chi connectivity index (χ0) is 21.9. The fourth-order valence-electron chi connectivity index (χ4n) is 5.44. The minimum absolute atomic E-state index is 0.0481. The van der Waals surface area contributed by atoms with Crippen molar-refractivity contribution in [2.75, 3.05) is 0 Å². The number of nitrogens with two attached hydrogens (primary N) is 1. The lowest BCUT2D eigenvalue weighted by atomic mass is 9.92. The van der Waals surface area contributed by atoms with Crippen molar-refractivity contribution in [1.82, 2.24) is 25.0 Å². The number of likely N-dealkylation sites (tertiary alicyclic amines) is 1. The van der Waals surface area contributed by atoms with Crippen molar-refractivity contribution >= 4 is 28.6 Å². The lowest BCUT2D eigenvalue weighted by Gasteiger charge is -2.28. The molecule has 5 rings (SSSR count). The van der Waals surface area contributed by atoms with Crippen LogP contribution in [0.3, 0.4) is 0 Å². The van der Waals surface area contributed by atoms with Crippen molar-refractivity contribution in [3.05, 3.63) is 24.2 Å². The summed E-state index contributed by atoms with van der Waals surface area (Å²) in [5.41, 5.74) is 6.39. The van der Waals surface area contributed by atoms with E-state index in [0.717, 1.165) is 25.7 Å². The number of fused-ring (bicyclic) bond motifs is 2. The Morgan fingerprint density at radius 3 is 2.81 bits per heavy atom. The summed E-state index contributed by atoms with van der Waals surface area (Å²) in [4.78, 5) is 43.9. The normalized spacial score (nSPS) is 28.5. The number of piperidine rings is 1. The zero-order valence-electron chi connectivity index (χ0n) is 17.9. The molecule has 31 heavy (non-hydrogen) atoms. The van der Waals surface area contributed by atoms with E-state index in [4.69, 9.17) is 5.73 Å². The van der Waals surface area contributed by atoms with Crippen LogP contribution in [-0.2, 0) is 16.1 Å². The molecule has 3 heterocycles. The van der Waals surface area contributed by atoms with Gasteiger partial charge in [-0.3, -0.25) is 24.0 Å². The molecular formula is C22H28N6O3. The van der Waals surface area contributed by atoms with Gasteiger partial charge in [-0.2, -0.15) is 5.10 Å². The first-order valence-corrected chi connectivity index (χ1v) is 11.0. The lowest BCUT2D eigenvalue weighted by molar-refractivity contribution is -0.140. The highest BCUT2D eigenvalue weighted by molar-refractivity contribution is 6.04. The minimum atomic E-state index is -0.650. The fraction of sp³-hybridized carbons (Fsp3) is 0.591. The zero-order valence-corrected chi connectivity index (χ0v) is 17.9. The number of primary amides is 1. The van der Waals surface area contributed by atoms with Gasteiger partial charge in [0.1, 0.15) is 12.6 Å². The van der Waals surface area contributed by atoms with E-state index >= 15 is 0 Å². The first-order chi connectivity index (χ1) is 14.7. The highest BCUT2D eigenvalue weighted by Crippen LogP contribution is 2.48. The van der Waals surface area contributed by atoms with Crippen LogP contribution in [0.15, 0.2) is 18.5 Å². The summed E-state index contributed by atoms with van der Waals surface area (Å²) in [7, 11) is 0. The second-order valence-electron chi connectivity index (χ2n) is 9.99. The number of amides is 3. The number of hydrogen-bond acceptors (Lipinski definition) is 5. The second kappa shape index (κ2) is 7.03. The number of rotatable bonds is 5. The van der Waals surface area contributed by atoms with Gasteiger partial charge in [0.05, 0.1) is 11.7 Å². The molecule has 2 aliphatic carbocycles. The van der Waals surface area contributed by atoms with Gasteiger partial charge in [0.15, 0.2) is 5.69 Å². The monoisotopic (exact) mass is 424 g/mol. The van der Waals surface area contributed by atoms with Crippen molar-refractivity contribution in [2.24, 2.45) is 17.1 Å². The third kappa shape index (κ3) is 3.55. The van der Waals surface area contributed by atoms with E-state index in [1.807, 2.05) is 0 Å². The van der Waals surface area contributed by atoms with Crippen LogP contribution >= 0.6 is 0 Å². The first kappa shape index (κ1) is 20.0. The van der Waals surface area contributed by atoms with E-state index in [1.54, 1.807) is 23.4 Å². The number of aromatic nitrogens is 3. The molecular weight excluding hydrogens is 396 g/mol. The van der Waals surface area contributed by atoms with Gasteiger partial charge in [-0.1, -0.05) is 13.8 Å². The number of carbonyl (C=O) groups is 3. The topological polar surface area (TPSA) is 123 Å². The number of hydrogen-bond donors (Lipinski definition) is 2. The first-order valence-electron chi connectivity index (χ1n) is 11.0. The lowest BCUT2D eigenvalue weighted by Crippen LogP contribution is -2.50. The predicted octanol–water partition coefficient (Wildman–Crippen LogP) is 1.21. The van der Waals surface area contributed by atoms with Crippen LogP contribution in [0.4, 0.5) is 0 Å². The Hall–Kier alpha value is -2.97. The van der Waals surface area contributed by atoms with Crippen LogP contribution in [0, 0.1) is 11.3 Å². The van der Waals surface area contributed by atoms with Crippen molar-refractivity contribution in [2.45, 2.75) is 70.6 Å². The highest BCUT2D eigenvalue weighted by atomic mass is 16.2. The molecule has 2 aromatic heterocycles. The Labute approximate surface area is 180 Å². The molecule has 0 aromatic carbocycles. The van der Waals surface area contributed by atoms with Crippen molar-refractivity contribution in [1.29, 1.82) is 0 Å². The standard InChI is InChI=1S/C22H28N6O3/c1-22(2)5-3-13(9-22)25-21(31)16-8-12-7-15(12)28(16)18(29)11-27-17-10-24-6-4-14(17)19(26-27)20(23)30/h4,6,10,12-13,15-16H,3,5,7-9,11H2,1-2H3,(H2,23,30)(H,25,31)/t12-,13+,15-,16+/m1/s1. The molecule has 2 saturated carbocycles. The van der Waals surface area contributed by atoms with Gasteiger partial charge in [0.2, 0.25) is 11.8 Å². The van der Waals surface area contributed by atoms with Gasteiger partial charge >= 0.3 is 0 Å². The van der Waals surface area contributed by atoms with E-state index in [1.165, 1.54) is 4.68 Å². The smallest absolute Gasteiger partial charge is 0.269 e. The van der Waals surface area contributed by atoms with Crippen LogP contribution in [0.2, 0.25) is 0 Å². The van der Waals surface area contributed by atoms with Crippen molar-refractivity contribution in [3.8, 4) is 0 Å². The van der Waals surface area contributed by atoms with Gasteiger partial charge in [0, 0.05) is 23.7 Å². The second-order valence-corrected chi connectivity index (χ2v) is 9.99. The summed E-state index contributed by atoms with van der Waals surface area (Å²) in [6.45, 7) is 4.39. The van der Waals surface area contributed by atoms with Crippen LogP contribution in [0.25, 0.3) is 10.9 Å². The molecule has 0 bridgehead atoms. The average molecular weight is 425 g/mol. The number of pyridine rings is 1. The average Bonchev–Trinajstić information content (AvgIpc) is 3.05. The summed E-state index contributed by atoms with van der Waals surface area (Å²) in [6, 6.07) is 1.53. The summed E-state index contributed by atoms with van der Waals surface area (Å²) in [5, 5.41) is 8.02. The van der Waals surface area contributed by atoms with Crippen molar-refractivity contribution < 1.29 is 14.4 Å². The van der Waals surface area contributed by atoms with Gasteiger partial charge in [-0.15, -0.1) is 0 Å². The molecule has 9 nitrogen and oxygen atoms in total. The third-order valence-electron chi connectivity index (χ3n) is 7.08. The van der Waals surface area contributed by atoms with Crippen LogP contribution in [-0.4, -0.2) is 55.5 Å². The molecule has 3 fully saturated rings.